The van der Waals surface area contributed by atoms with Gasteiger partial charge in [0.25, 0.3) is 0 Å². The van der Waals surface area contributed by atoms with E-state index < -0.39 is 5.97 Å². The highest BCUT2D eigenvalue weighted by Gasteiger charge is 2.14. The van der Waals surface area contributed by atoms with Gasteiger partial charge in [-0.05, 0) is 47.4 Å². The van der Waals surface area contributed by atoms with Crippen LogP contribution < -0.4 is 0 Å². The number of carboxylic acid groups (broad SMARTS) is 1. The van der Waals surface area contributed by atoms with Crippen molar-refractivity contribution in [3.63, 3.8) is 0 Å². The van der Waals surface area contributed by atoms with Crippen LogP contribution in [0.1, 0.15) is 28.2 Å². The Morgan fingerprint density at radius 1 is 1.19 bits per heavy atom. The summed E-state index contributed by atoms with van der Waals surface area (Å²) < 4.78 is 1.56. The van der Waals surface area contributed by atoms with Gasteiger partial charge in [-0.25, -0.2) is 14.3 Å². The normalized spacial score (nSPS) is 14.0. The summed E-state index contributed by atoms with van der Waals surface area (Å²) in [6.45, 7) is 0. The molecule has 26 heavy (non-hydrogen) atoms. The number of aromatic nitrogens is 3. The fraction of sp³-hybridized carbons (Fsp3) is 0.0500. The van der Waals surface area contributed by atoms with Gasteiger partial charge in [-0.15, -0.1) is 0 Å². The molecule has 0 saturated carbocycles. The molecule has 3 aromatic rings. The first-order valence-corrected chi connectivity index (χ1v) is 8.42. The van der Waals surface area contributed by atoms with Gasteiger partial charge < -0.3 is 5.11 Å². The molecule has 0 aliphatic heterocycles. The van der Waals surface area contributed by atoms with Crippen LogP contribution in [0.25, 0.3) is 16.8 Å². The van der Waals surface area contributed by atoms with Gasteiger partial charge in [-0.1, -0.05) is 42.0 Å². The molecule has 0 bridgehead atoms. The van der Waals surface area contributed by atoms with Gasteiger partial charge in [-0.2, -0.15) is 5.10 Å². The van der Waals surface area contributed by atoms with Gasteiger partial charge in [0.2, 0.25) is 0 Å². The monoisotopic (exact) mass is 363 g/mol. The van der Waals surface area contributed by atoms with Gasteiger partial charge >= 0.3 is 5.97 Å². The Balaban J connectivity index is 1.84. The quantitative estimate of drug-likeness (QED) is 0.743. The molecule has 0 spiro atoms. The van der Waals surface area contributed by atoms with E-state index in [4.69, 9.17) is 11.6 Å². The number of rotatable bonds is 3. The molecule has 128 valence electrons. The van der Waals surface area contributed by atoms with Crippen LogP contribution >= 0.6 is 11.6 Å². The molecule has 0 fully saturated rings. The van der Waals surface area contributed by atoms with E-state index in [0.717, 1.165) is 28.8 Å². The number of hydrogen-bond acceptors (Lipinski definition) is 3. The molecule has 0 unspecified atom stereocenters. The average Bonchev–Trinajstić information content (AvgIpc) is 2.93. The summed E-state index contributed by atoms with van der Waals surface area (Å²) in [4.78, 5) is 15.4. The van der Waals surface area contributed by atoms with Gasteiger partial charge in [0.15, 0.2) is 11.3 Å². The molecular formula is C20H14ClN3O2. The molecule has 6 heteroatoms. The van der Waals surface area contributed by atoms with Crippen LogP contribution in [0.15, 0.2) is 66.9 Å². The first-order chi connectivity index (χ1) is 12.6. The summed E-state index contributed by atoms with van der Waals surface area (Å²) >= 11 is 6.12. The van der Waals surface area contributed by atoms with Crippen LogP contribution in [0.3, 0.4) is 0 Å². The van der Waals surface area contributed by atoms with Crippen LogP contribution in [0.5, 0.6) is 0 Å². The molecule has 0 atom stereocenters. The van der Waals surface area contributed by atoms with E-state index in [9.17, 15) is 9.90 Å². The smallest absolute Gasteiger partial charge is 0.356 e. The molecule has 2 heterocycles. The zero-order valence-corrected chi connectivity index (χ0v) is 14.4. The third-order valence-electron chi connectivity index (χ3n) is 4.11. The maximum absolute atomic E-state index is 11.2. The van der Waals surface area contributed by atoms with Crippen molar-refractivity contribution < 1.29 is 9.90 Å². The van der Waals surface area contributed by atoms with E-state index in [1.165, 1.54) is 6.07 Å². The molecular weight excluding hydrogens is 350 g/mol. The number of fused-ring (bicyclic) bond motifs is 1. The van der Waals surface area contributed by atoms with Crippen molar-refractivity contribution >= 4 is 34.4 Å². The van der Waals surface area contributed by atoms with E-state index >= 15 is 0 Å². The number of benzene rings is 1. The number of nitrogens with zero attached hydrogens (tertiary/aromatic N) is 3. The predicted octanol–water partition coefficient (Wildman–Crippen LogP) is 4.51. The Labute approximate surface area is 154 Å². The molecule has 4 rings (SSSR count). The first-order valence-electron chi connectivity index (χ1n) is 8.04. The number of aromatic carboxylic acids is 1. The SMILES string of the molecule is O=C(O)c1cc2nccc(C3=CCC=CC(c4cccc(Cl)c4)=C3)n2n1. The lowest BCUT2D eigenvalue weighted by Gasteiger charge is -2.08. The summed E-state index contributed by atoms with van der Waals surface area (Å²) in [5, 5.41) is 14.0. The molecule has 1 aliphatic carbocycles. The zero-order chi connectivity index (χ0) is 18.1. The number of carboxylic acids is 1. The summed E-state index contributed by atoms with van der Waals surface area (Å²) in [5.41, 5.74) is 4.22. The van der Waals surface area contributed by atoms with Crippen molar-refractivity contribution in [2.75, 3.05) is 0 Å². The second kappa shape index (κ2) is 6.61. The van der Waals surface area contributed by atoms with Crippen molar-refractivity contribution in [1.29, 1.82) is 0 Å². The van der Waals surface area contributed by atoms with Crippen molar-refractivity contribution in [2.24, 2.45) is 0 Å². The van der Waals surface area contributed by atoms with Crippen molar-refractivity contribution in [1.82, 2.24) is 14.6 Å². The topological polar surface area (TPSA) is 67.5 Å². The van der Waals surface area contributed by atoms with E-state index in [-0.39, 0.29) is 5.69 Å². The minimum atomic E-state index is -1.08. The third kappa shape index (κ3) is 3.05. The highest BCUT2D eigenvalue weighted by Crippen LogP contribution is 2.28. The van der Waals surface area contributed by atoms with Crippen LogP contribution in [-0.4, -0.2) is 25.7 Å². The highest BCUT2D eigenvalue weighted by atomic mass is 35.5. The second-order valence-corrected chi connectivity index (χ2v) is 6.28. The van der Waals surface area contributed by atoms with Crippen LogP contribution in [0, 0.1) is 0 Å². The fourth-order valence-electron chi connectivity index (χ4n) is 2.91. The first kappa shape index (κ1) is 16.3. The Kier molecular flexibility index (Phi) is 4.14. The third-order valence-corrected chi connectivity index (χ3v) is 4.35. The van der Waals surface area contributed by atoms with Crippen molar-refractivity contribution in [2.45, 2.75) is 6.42 Å². The summed E-state index contributed by atoms with van der Waals surface area (Å²) in [6, 6.07) is 11.0. The van der Waals surface area contributed by atoms with E-state index in [2.05, 4.69) is 28.3 Å². The van der Waals surface area contributed by atoms with E-state index in [1.807, 2.05) is 36.4 Å². The van der Waals surface area contributed by atoms with E-state index in [0.29, 0.717) is 10.7 Å². The van der Waals surface area contributed by atoms with Gasteiger partial charge in [0, 0.05) is 17.3 Å². The number of hydrogen-bond donors (Lipinski definition) is 1. The van der Waals surface area contributed by atoms with Gasteiger partial charge in [0.05, 0.1) is 5.69 Å². The molecule has 5 nitrogen and oxygen atoms in total. The average molecular weight is 364 g/mol. The standard InChI is InChI=1S/C20H14ClN3O2/c21-16-7-3-6-14(11-16)13-4-1-2-5-15(10-13)18-8-9-22-19-12-17(20(25)26)23-24(18)19/h1,3-12H,2H2,(H,25,26). The lowest BCUT2D eigenvalue weighted by atomic mass is 10.0. The Bertz CT molecular complexity index is 1110. The zero-order valence-electron chi connectivity index (χ0n) is 13.6. The highest BCUT2D eigenvalue weighted by molar-refractivity contribution is 6.30. The number of halogens is 1. The molecule has 0 amide bonds. The summed E-state index contributed by atoms with van der Waals surface area (Å²) in [6.07, 6.45) is 10.7. The lowest BCUT2D eigenvalue weighted by Crippen LogP contribution is -2.01. The number of carbonyl (C=O) groups is 1. The van der Waals surface area contributed by atoms with Crippen molar-refractivity contribution in [3.8, 4) is 0 Å². The molecule has 1 aromatic carbocycles. The molecule has 2 aromatic heterocycles. The largest absolute Gasteiger partial charge is 0.476 e. The number of allylic oxidation sites excluding steroid dienone is 6. The maximum Gasteiger partial charge on any atom is 0.356 e. The maximum atomic E-state index is 11.2. The minimum absolute atomic E-state index is 0.0312. The molecule has 0 saturated heterocycles. The Hall–Kier alpha value is -3.18. The summed E-state index contributed by atoms with van der Waals surface area (Å²) in [7, 11) is 0. The predicted molar refractivity (Wildman–Crippen MR) is 101 cm³/mol. The lowest BCUT2D eigenvalue weighted by molar-refractivity contribution is 0.0690. The second-order valence-electron chi connectivity index (χ2n) is 5.84. The molecule has 0 radical (unpaired) electrons. The Morgan fingerprint density at radius 2 is 2.08 bits per heavy atom. The fourth-order valence-corrected chi connectivity index (χ4v) is 3.10. The molecule has 1 N–H and O–H groups in total. The minimum Gasteiger partial charge on any atom is -0.476 e. The van der Waals surface area contributed by atoms with Crippen LogP contribution in [0.4, 0.5) is 0 Å². The Morgan fingerprint density at radius 3 is 2.88 bits per heavy atom. The van der Waals surface area contributed by atoms with Crippen molar-refractivity contribution in [3.05, 3.63) is 88.9 Å². The van der Waals surface area contributed by atoms with Gasteiger partial charge in [0.1, 0.15) is 0 Å². The van der Waals surface area contributed by atoms with Crippen LogP contribution in [0.2, 0.25) is 5.02 Å². The van der Waals surface area contributed by atoms with Gasteiger partial charge in [-0.3, -0.25) is 0 Å². The molecule has 1 aliphatic rings. The van der Waals surface area contributed by atoms with E-state index in [1.54, 1.807) is 10.7 Å². The summed E-state index contributed by atoms with van der Waals surface area (Å²) in [5.74, 6) is -1.08. The van der Waals surface area contributed by atoms with Crippen LogP contribution in [-0.2, 0) is 0 Å².